The average molecular weight is 340 g/mol. The van der Waals surface area contributed by atoms with E-state index in [1.165, 1.54) is 11.3 Å². The molecule has 2 aromatic carbocycles. The van der Waals surface area contributed by atoms with Crippen molar-refractivity contribution in [3.05, 3.63) is 59.0 Å². The monoisotopic (exact) mass is 340 g/mol. The second-order valence-corrected chi connectivity index (χ2v) is 5.86. The van der Waals surface area contributed by atoms with Gasteiger partial charge in [-0.2, -0.15) is 5.10 Å². The molecule has 0 bridgehead atoms. The Bertz CT molecular complexity index is 902. The van der Waals surface area contributed by atoms with Gasteiger partial charge in [0.05, 0.1) is 26.0 Å². The van der Waals surface area contributed by atoms with Crippen LogP contribution in [0.25, 0.3) is 10.1 Å². The van der Waals surface area contributed by atoms with Crippen LogP contribution in [-0.2, 0) is 0 Å². The fourth-order valence-electron chi connectivity index (χ4n) is 2.30. The molecule has 0 saturated carbocycles. The third kappa shape index (κ3) is 3.23. The van der Waals surface area contributed by atoms with Gasteiger partial charge in [-0.25, -0.2) is 5.43 Å². The van der Waals surface area contributed by atoms with Gasteiger partial charge in [0.1, 0.15) is 11.5 Å². The molecular formula is C18H16N2O3S. The normalized spacial score (nSPS) is 10.9. The predicted octanol–water partition coefficient (Wildman–Crippen LogP) is 3.68. The smallest absolute Gasteiger partial charge is 0.272 e. The Hall–Kier alpha value is -2.86. The standard InChI is InChI=1S/C18H16N2O3S/c1-22-13-8-7-12(16(9-13)23-2)10-19-20-18(21)15-11-24-17-6-4-3-5-14(15)17/h3-11H,1-2H3,(H,20,21)/b19-10-. The highest BCUT2D eigenvalue weighted by Crippen LogP contribution is 2.25. The summed E-state index contributed by atoms with van der Waals surface area (Å²) < 4.78 is 11.5. The summed E-state index contributed by atoms with van der Waals surface area (Å²) in [5.41, 5.74) is 3.92. The number of thiophene rings is 1. The number of rotatable bonds is 5. The van der Waals surface area contributed by atoms with Gasteiger partial charge in [0.15, 0.2) is 0 Å². The zero-order valence-electron chi connectivity index (χ0n) is 13.3. The number of hydrogen-bond acceptors (Lipinski definition) is 5. The van der Waals surface area contributed by atoms with Crippen LogP contribution in [0, 0.1) is 0 Å². The number of nitrogens with one attached hydrogen (secondary N) is 1. The molecule has 0 atom stereocenters. The van der Waals surface area contributed by atoms with Crippen molar-refractivity contribution in [1.29, 1.82) is 0 Å². The molecule has 1 aromatic heterocycles. The van der Waals surface area contributed by atoms with Crippen molar-refractivity contribution in [1.82, 2.24) is 5.43 Å². The molecule has 6 heteroatoms. The number of fused-ring (bicyclic) bond motifs is 1. The lowest BCUT2D eigenvalue weighted by Gasteiger charge is -2.06. The zero-order chi connectivity index (χ0) is 16.9. The number of benzene rings is 2. The van der Waals surface area contributed by atoms with Crippen LogP contribution in [-0.4, -0.2) is 26.3 Å². The highest BCUT2D eigenvalue weighted by Gasteiger charge is 2.11. The van der Waals surface area contributed by atoms with Crippen LogP contribution in [0.15, 0.2) is 52.9 Å². The number of nitrogens with zero attached hydrogens (tertiary/aromatic N) is 1. The van der Waals surface area contributed by atoms with Gasteiger partial charge in [0.2, 0.25) is 0 Å². The summed E-state index contributed by atoms with van der Waals surface area (Å²) in [6.07, 6.45) is 1.55. The molecular weight excluding hydrogens is 324 g/mol. The molecule has 1 amide bonds. The van der Waals surface area contributed by atoms with Crippen molar-refractivity contribution in [2.75, 3.05) is 14.2 Å². The minimum absolute atomic E-state index is 0.240. The minimum Gasteiger partial charge on any atom is -0.497 e. The van der Waals surface area contributed by atoms with Gasteiger partial charge in [-0.15, -0.1) is 11.3 Å². The molecule has 0 aliphatic heterocycles. The maximum atomic E-state index is 12.3. The number of hydrazone groups is 1. The molecule has 0 saturated heterocycles. The second-order valence-electron chi connectivity index (χ2n) is 4.95. The van der Waals surface area contributed by atoms with Gasteiger partial charge in [0, 0.05) is 27.1 Å². The second kappa shape index (κ2) is 7.14. The van der Waals surface area contributed by atoms with E-state index < -0.39 is 0 Å². The van der Waals surface area contributed by atoms with Crippen molar-refractivity contribution < 1.29 is 14.3 Å². The minimum atomic E-state index is -0.240. The quantitative estimate of drug-likeness (QED) is 0.569. The molecule has 122 valence electrons. The van der Waals surface area contributed by atoms with E-state index in [2.05, 4.69) is 10.5 Å². The maximum Gasteiger partial charge on any atom is 0.272 e. The van der Waals surface area contributed by atoms with E-state index in [1.807, 2.05) is 35.7 Å². The van der Waals surface area contributed by atoms with Crippen LogP contribution < -0.4 is 14.9 Å². The number of carbonyl (C=O) groups is 1. The van der Waals surface area contributed by atoms with E-state index in [9.17, 15) is 4.79 Å². The Labute approximate surface area is 143 Å². The van der Waals surface area contributed by atoms with Gasteiger partial charge in [0.25, 0.3) is 5.91 Å². The van der Waals surface area contributed by atoms with Crippen LogP contribution in [0.4, 0.5) is 0 Å². The molecule has 0 unspecified atom stereocenters. The summed E-state index contributed by atoms with van der Waals surface area (Å²) in [5, 5.41) is 6.79. The number of amides is 1. The van der Waals surface area contributed by atoms with Gasteiger partial charge in [-0.05, 0) is 18.2 Å². The number of carbonyl (C=O) groups excluding carboxylic acids is 1. The molecule has 3 aromatic rings. The van der Waals surface area contributed by atoms with Crippen molar-refractivity contribution in [3.8, 4) is 11.5 Å². The highest BCUT2D eigenvalue weighted by molar-refractivity contribution is 7.17. The Morgan fingerprint density at radius 1 is 1.17 bits per heavy atom. The summed E-state index contributed by atoms with van der Waals surface area (Å²) in [6.45, 7) is 0. The van der Waals surface area contributed by atoms with E-state index in [0.717, 1.165) is 15.6 Å². The third-order valence-electron chi connectivity index (χ3n) is 3.54. The summed E-state index contributed by atoms with van der Waals surface area (Å²) in [5.74, 6) is 1.07. The number of hydrogen-bond donors (Lipinski definition) is 1. The molecule has 1 N–H and O–H groups in total. The van der Waals surface area contributed by atoms with Crippen molar-refractivity contribution >= 4 is 33.5 Å². The van der Waals surface area contributed by atoms with Gasteiger partial charge >= 0.3 is 0 Å². The SMILES string of the molecule is COc1ccc(/C=N\NC(=O)c2csc3ccccc23)c(OC)c1. The third-order valence-corrected chi connectivity index (χ3v) is 4.50. The van der Waals surface area contributed by atoms with Crippen LogP contribution in [0.1, 0.15) is 15.9 Å². The van der Waals surface area contributed by atoms with E-state index in [4.69, 9.17) is 9.47 Å². The molecule has 3 rings (SSSR count). The fourth-order valence-corrected chi connectivity index (χ4v) is 3.24. The molecule has 5 nitrogen and oxygen atoms in total. The highest BCUT2D eigenvalue weighted by atomic mass is 32.1. The lowest BCUT2D eigenvalue weighted by molar-refractivity contribution is 0.0957. The maximum absolute atomic E-state index is 12.3. The van der Waals surface area contributed by atoms with E-state index >= 15 is 0 Å². The Morgan fingerprint density at radius 3 is 2.79 bits per heavy atom. The summed E-state index contributed by atoms with van der Waals surface area (Å²) in [7, 11) is 3.16. The summed E-state index contributed by atoms with van der Waals surface area (Å²) in [6, 6.07) is 13.2. The Morgan fingerprint density at radius 2 is 2.00 bits per heavy atom. The van der Waals surface area contributed by atoms with Crippen LogP contribution in [0.3, 0.4) is 0 Å². The van der Waals surface area contributed by atoms with Gasteiger partial charge in [-0.1, -0.05) is 18.2 Å². The molecule has 0 spiro atoms. The topological polar surface area (TPSA) is 59.9 Å². The van der Waals surface area contributed by atoms with Gasteiger partial charge in [-0.3, -0.25) is 4.79 Å². The first kappa shape index (κ1) is 16.0. The summed E-state index contributed by atoms with van der Waals surface area (Å²) >= 11 is 1.54. The molecule has 0 radical (unpaired) electrons. The lowest BCUT2D eigenvalue weighted by Crippen LogP contribution is -2.17. The number of ether oxygens (including phenoxy) is 2. The Balaban J connectivity index is 1.75. The molecule has 0 aliphatic rings. The predicted molar refractivity (Wildman–Crippen MR) is 96.4 cm³/mol. The lowest BCUT2D eigenvalue weighted by atomic mass is 10.2. The summed E-state index contributed by atoms with van der Waals surface area (Å²) in [4.78, 5) is 12.3. The van der Waals surface area contributed by atoms with Crippen LogP contribution >= 0.6 is 11.3 Å². The molecule has 0 fully saturated rings. The van der Waals surface area contributed by atoms with Crippen LogP contribution in [0.2, 0.25) is 0 Å². The first-order chi connectivity index (χ1) is 11.7. The molecule has 0 aliphatic carbocycles. The number of methoxy groups -OCH3 is 2. The van der Waals surface area contributed by atoms with E-state index in [-0.39, 0.29) is 5.91 Å². The largest absolute Gasteiger partial charge is 0.497 e. The van der Waals surface area contributed by atoms with Crippen molar-refractivity contribution in [2.45, 2.75) is 0 Å². The van der Waals surface area contributed by atoms with E-state index in [1.54, 1.807) is 32.6 Å². The van der Waals surface area contributed by atoms with Crippen molar-refractivity contribution in [2.24, 2.45) is 5.10 Å². The fraction of sp³-hybridized carbons (Fsp3) is 0.111. The van der Waals surface area contributed by atoms with E-state index in [0.29, 0.717) is 17.1 Å². The van der Waals surface area contributed by atoms with Crippen LogP contribution in [0.5, 0.6) is 11.5 Å². The first-order valence-corrected chi connectivity index (χ1v) is 8.12. The zero-order valence-corrected chi connectivity index (χ0v) is 14.1. The molecule has 24 heavy (non-hydrogen) atoms. The Kier molecular flexibility index (Phi) is 4.77. The average Bonchev–Trinajstić information content (AvgIpc) is 3.06. The first-order valence-electron chi connectivity index (χ1n) is 7.24. The van der Waals surface area contributed by atoms with Gasteiger partial charge < -0.3 is 9.47 Å². The van der Waals surface area contributed by atoms with Crippen molar-refractivity contribution in [3.63, 3.8) is 0 Å². The molecule has 1 heterocycles.